The van der Waals surface area contributed by atoms with Crippen molar-refractivity contribution in [2.75, 3.05) is 26.0 Å². The zero-order valence-electron chi connectivity index (χ0n) is 9.87. The summed E-state index contributed by atoms with van der Waals surface area (Å²) in [7, 11) is 2.70. The summed E-state index contributed by atoms with van der Waals surface area (Å²) in [5, 5.41) is 3.34. The van der Waals surface area contributed by atoms with Crippen LogP contribution in [0.15, 0.2) is 18.2 Å². The standard InChI is InChI=1S/C11H12Cl2N2O3/c1-15(11(17)18-2)6-10(16)14-7-3-4-8(12)9(13)5-7/h3-5H,6H2,1-2H3,(H,14,16). The highest BCUT2D eigenvalue weighted by molar-refractivity contribution is 6.42. The third-order valence-corrected chi connectivity index (χ3v) is 2.81. The van der Waals surface area contributed by atoms with Crippen molar-refractivity contribution in [2.45, 2.75) is 0 Å². The van der Waals surface area contributed by atoms with E-state index < -0.39 is 6.09 Å². The van der Waals surface area contributed by atoms with E-state index in [1.165, 1.54) is 20.2 Å². The van der Waals surface area contributed by atoms with E-state index in [2.05, 4.69) is 10.1 Å². The summed E-state index contributed by atoms with van der Waals surface area (Å²) in [4.78, 5) is 23.8. The summed E-state index contributed by atoms with van der Waals surface area (Å²) < 4.78 is 4.47. The Kier molecular flexibility index (Phi) is 5.25. The molecule has 0 aliphatic heterocycles. The van der Waals surface area contributed by atoms with Crippen LogP contribution in [0.25, 0.3) is 0 Å². The van der Waals surface area contributed by atoms with Gasteiger partial charge in [0.2, 0.25) is 5.91 Å². The van der Waals surface area contributed by atoms with Crippen molar-refractivity contribution in [2.24, 2.45) is 0 Å². The monoisotopic (exact) mass is 290 g/mol. The van der Waals surface area contributed by atoms with Crippen LogP contribution >= 0.6 is 23.2 Å². The molecule has 1 N–H and O–H groups in total. The molecule has 0 spiro atoms. The first-order valence-electron chi connectivity index (χ1n) is 4.98. The molecule has 0 aliphatic carbocycles. The molecule has 1 aromatic carbocycles. The van der Waals surface area contributed by atoms with Crippen molar-refractivity contribution in [1.82, 2.24) is 4.90 Å². The molecule has 0 unspecified atom stereocenters. The summed E-state index contributed by atoms with van der Waals surface area (Å²) in [6.45, 7) is -0.118. The molecule has 0 atom stereocenters. The first kappa shape index (κ1) is 14.6. The molecular weight excluding hydrogens is 279 g/mol. The highest BCUT2D eigenvalue weighted by atomic mass is 35.5. The second-order valence-electron chi connectivity index (χ2n) is 3.50. The number of amides is 2. The van der Waals surface area contributed by atoms with Crippen LogP contribution in [0.5, 0.6) is 0 Å². The zero-order valence-corrected chi connectivity index (χ0v) is 11.4. The lowest BCUT2D eigenvalue weighted by Gasteiger charge is -2.15. The number of nitrogens with one attached hydrogen (secondary N) is 1. The Labute approximate surface area is 115 Å². The summed E-state index contributed by atoms with van der Waals surface area (Å²) in [6, 6.07) is 4.72. The number of ether oxygens (including phenoxy) is 1. The van der Waals surface area contributed by atoms with Crippen molar-refractivity contribution in [3.05, 3.63) is 28.2 Å². The van der Waals surface area contributed by atoms with Crippen LogP contribution in [-0.4, -0.2) is 37.6 Å². The lowest BCUT2D eigenvalue weighted by atomic mass is 10.3. The number of likely N-dealkylation sites (N-methyl/N-ethyl adjacent to an activating group) is 1. The fourth-order valence-corrected chi connectivity index (χ4v) is 1.51. The van der Waals surface area contributed by atoms with Gasteiger partial charge in [0.25, 0.3) is 0 Å². The van der Waals surface area contributed by atoms with Gasteiger partial charge in [0, 0.05) is 12.7 Å². The number of methoxy groups -OCH3 is 1. The Morgan fingerprint density at radius 1 is 1.33 bits per heavy atom. The second-order valence-corrected chi connectivity index (χ2v) is 4.32. The lowest BCUT2D eigenvalue weighted by Crippen LogP contribution is -2.34. The van der Waals surface area contributed by atoms with Gasteiger partial charge in [-0.05, 0) is 18.2 Å². The van der Waals surface area contributed by atoms with Crippen LogP contribution in [0.2, 0.25) is 10.0 Å². The van der Waals surface area contributed by atoms with Crippen LogP contribution in [0.4, 0.5) is 10.5 Å². The minimum absolute atomic E-state index is 0.118. The third-order valence-electron chi connectivity index (χ3n) is 2.07. The van der Waals surface area contributed by atoms with Crippen LogP contribution in [0, 0.1) is 0 Å². The van der Waals surface area contributed by atoms with Gasteiger partial charge in [0.15, 0.2) is 0 Å². The number of anilines is 1. The van der Waals surface area contributed by atoms with Gasteiger partial charge in [0.1, 0.15) is 6.54 Å². The number of nitrogens with zero attached hydrogens (tertiary/aromatic N) is 1. The number of carbonyl (C=O) groups is 2. The highest BCUT2D eigenvalue weighted by Crippen LogP contribution is 2.24. The quantitative estimate of drug-likeness (QED) is 0.931. The topological polar surface area (TPSA) is 58.6 Å². The van der Waals surface area contributed by atoms with E-state index in [0.717, 1.165) is 4.90 Å². The van der Waals surface area contributed by atoms with Crippen molar-refractivity contribution in [3.8, 4) is 0 Å². The van der Waals surface area contributed by atoms with E-state index in [1.807, 2.05) is 0 Å². The Hall–Kier alpha value is -1.46. The summed E-state index contributed by atoms with van der Waals surface area (Å²) in [5.74, 6) is -0.360. The molecule has 0 heterocycles. The minimum atomic E-state index is -0.584. The van der Waals surface area contributed by atoms with Gasteiger partial charge in [0.05, 0.1) is 17.2 Å². The number of halogens is 2. The van der Waals surface area contributed by atoms with Gasteiger partial charge < -0.3 is 15.0 Å². The summed E-state index contributed by atoms with van der Waals surface area (Å²) >= 11 is 11.6. The van der Waals surface area contributed by atoms with Crippen molar-refractivity contribution in [1.29, 1.82) is 0 Å². The Morgan fingerprint density at radius 2 is 2.00 bits per heavy atom. The van der Waals surface area contributed by atoms with Crippen LogP contribution < -0.4 is 5.32 Å². The number of benzene rings is 1. The molecule has 7 heteroatoms. The maximum absolute atomic E-state index is 11.6. The molecule has 0 aliphatic rings. The van der Waals surface area contributed by atoms with E-state index in [1.54, 1.807) is 12.1 Å². The SMILES string of the molecule is COC(=O)N(C)CC(=O)Nc1ccc(Cl)c(Cl)c1. The molecule has 0 bridgehead atoms. The molecule has 0 radical (unpaired) electrons. The van der Waals surface area contributed by atoms with Crippen molar-refractivity contribution >= 4 is 40.9 Å². The van der Waals surface area contributed by atoms with Crippen molar-refractivity contribution in [3.63, 3.8) is 0 Å². The predicted molar refractivity (Wildman–Crippen MR) is 70.1 cm³/mol. The molecule has 5 nitrogen and oxygen atoms in total. The van der Waals surface area contributed by atoms with Crippen molar-refractivity contribution < 1.29 is 14.3 Å². The Balaban J connectivity index is 2.59. The van der Waals surface area contributed by atoms with Gasteiger partial charge in [-0.1, -0.05) is 23.2 Å². The number of hydrogen-bond donors (Lipinski definition) is 1. The van der Waals surface area contributed by atoms with E-state index in [4.69, 9.17) is 23.2 Å². The smallest absolute Gasteiger partial charge is 0.409 e. The largest absolute Gasteiger partial charge is 0.453 e. The van der Waals surface area contributed by atoms with E-state index in [-0.39, 0.29) is 12.5 Å². The van der Waals surface area contributed by atoms with Crippen LogP contribution in [0.3, 0.4) is 0 Å². The molecule has 0 fully saturated rings. The Morgan fingerprint density at radius 3 is 2.56 bits per heavy atom. The number of carbonyl (C=O) groups excluding carboxylic acids is 2. The molecule has 1 rings (SSSR count). The molecule has 1 aromatic rings. The summed E-state index contributed by atoms with van der Waals surface area (Å²) in [5.41, 5.74) is 0.507. The zero-order chi connectivity index (χ0) is 13.7. The number of hydrogen-bond acceptors (Lipinski definition) is 3. The van der Waals surface area contributed by atoms with E-state index >= 15 is 0 Å². The molecule has 18 heavy (non-hydrogen) atoms. The van der Waals surface area contributed by atoms with E-state index in [9.17, 15) is 9.59 Å². The average Bonchev–Trinajstić information content (AvgIpc) is 2.32. The van der Waals surface area contributed by atoms with Gasteiger partial charge >= 0.3 is 6.09 Å². The average molecular weight is 291 g/mol. The first-order chi connectivity index (χ1) is 8.43. The molecule has 0 saturated carbocycles. The molecular formula is C11H12Cl2N2O3. The normalized spacial score (nSPS) is 9.78. The fourth-order valence-electron chi connectivity index (χ4n) is 1.21. The number of rotatable bonds is 3. The van der Waals surface area contributed by atoms with Crippen LogP contribution in [0.1, 0.15) is 0 Å². The molecule has 2 amide bonds. The lowest BCUT2D eigenvalue weighted by molar-refractivity contribution is -0.116. The summed E-state index contributed by atoms with van der Waals surface area (Å²) in [6.07, 6.45) is -0.584. The third kappa shape index (κ3) is 4.09. The maximum atomic E-state index is 11.6. The van der Waals surface area contributed by atoms with Gasteiger partial charge in [-0.25, -0.2) is 4.79 Å². The maximum Gasteiger partial charge on any atom is 0.409 e. The van der Waals surface area contributed by atoms with Gasteiger partial charge in [-0.3, -0.25) is 4.79 Å². The van der Waals surface area contributed by atoms with Gasteiger partial charge in [-0.2, -0.15) is 0 Å². The first-order valence-corrected chi connectivity index (χ1v) is 5.73. The minimum Gasteiger partial charge on any atom is -0.453 e. The second kappa shape index (κ2) is 6.47. The molecule has 0 saturated heterocycles. The predicted octanol–water partition coefficient (Wildman–Crippen LogP) is 2.63. The van der Waals surface area contributed by atoms with Gasteiger partial charge in [-0.15, -0.1) is 0 Å². The molecule has 0 aromatic heterocycles. The van der Waals surface area contributed by atoms with E-state index in [0.29, 0.717) is 15.7 Å². The van der Waals surface area contributed by atoms with Crippen LogP contribution in [-0.2, 0) is 9.53 Å². The molecule has 98 valence electrons. The Bertz CT molecular complexity index is 466. The highest BCUT2D eigenvalue weighted by Gasteiger charge is 2.13. The fraction of sp³-hybridized carbons (Fsp3) is 0.273.